The minimum absolute atomic E-state index is 0.0601. The average Bonchev–Trinajstić information content (AvgIpc) is 3.15. The number of halogens is 3. The van der Waals surface area contributed by atoms with Crippen LogP contribution in [0.25, 0.3) is 11.8 Å². The maximum Gasteiger partial charge on any atom is 0.329 e. The van der Waals surface area contributed by atoms with Crippen molar-refractivity contribution in [1.29, 1.82) is 0 Å². The summed E-state index contributed by atoms with van der Waals surface area (Å²) in [5.74, 6) is -0.812. The molecule has 8 heteroatoms. The summed E-state index contributed by atoms with van der Waals surface area (Å²) in [7, 11) is 0. The molecule has 0 atom stereocenters. The predicted octanol–water partition coefficient (Wildman–Crippen LogP) is 5.63. The summed E-state index contributed by atoms with van der Waals surface area (Å²) in [6, 6.07) is 12.4. The van der Waals surface area contributed by atoms with Crippen LogP contribution >= 0.6 is 23.2 Å². The molecule has 4 rings (SSSR count). The maximum absolute atomic E-state index is 13.1. The minimum Gasteiger partial charge on any atom is -0.318 e. The van der Waals surface area contributed by atoms with E-state index in [0.717, 1.165) is 27.5 Å². The van der Waals surface area contributed by atoms with Crippen molar-refractivity contribution in [2.24, 2.45) is 0 Å². The molecule has 5 nitrogen and oxygen atoms in total. The van der Waals surface area contributed by atoms with Crippen LogP contribution in [0.1, 0.15) is 22.5 Å². The highest BCUT2D eigenvalue weighted by Gasteiger charge is 2.33. The van der Waals surface area contributed by atoms with Crippen molar-refractivity contribution >= 4 is 41.2 Å². The normalized spacial score (nSPS) is 15.1. The second kappa shape index (κ2) is 8.21. The Kier molecular flexibility index (Phi) is 5.60. The van der Waals surface area contributed by atoms with E-state index >= 15 is 0 Å². The van der Waals surface area contributed by atoms with Gasteiger partial charge >= 0.3 is 6.03 Å². The van der Waals surface area contributed by atoms with Crippen LogP contribution in [0.15, 0.2) is 54.2 Å². The SMILES string of the molecule is Cc1cc(/C=C2\NC(=O)N(Cc3ccc(F)cc3)C2=O)c(C)n1-c1ccc(Cl)c(Cl)c1. The van der Waals surface area contributed by atoms with Gasteiger partial charge in [0.1, 0.15) is 11.5 Å². The number of aryl methyl sites for hydroxylation is 1. The molecule has 0 saturated carbocycles. The van der Waals surface area contributed by atoms with Crippen LogP contribution < -0.4 is 5.32 Å². The van der Waals surface area contributed by atoms with Gasteiger partial charge in [0.2, 0.25) is 0 Å². The zero-order valence-corrected chi connectivity index (χ0v) is 18.3. The van der Waals surface area contributed by atoms with Crippen molar-refractivity contribution in [3.05, 3.63) is 92.6 Å². The van der Waals surface area contributed by atoms with Crippen LogP contribution in [0.2, 0.25) is 10.0 Å². The van der Waals surface area contributed by atoms with Gasteiger partial charge in [0.15, 0.2) is 0 Å². The summed E-state index contributed by atoms with van der Waals surface area (Å²) < 4.78 is 15.1. The minimum atomic E-state index is -0.515. The predicted molar refractivity (Wildman–Crippen MR) is 119 cm³/mol. The van der Waals surface area contributed by atoms with Crippen molar-refractivity contribution in [3.63, 3.8) is 0 Å². The molecule has 0 aliphatic carbocycles. The molecule has 2 aromatic carbocycles. The van der Waals surface area contributed by atoms with Gasteiger partial charge in [0, 0.05) is 17.1 Å². The number of rotatable bonds is 4. The number of carbonyl (C=O) groups is 2. The highest BCUT2D eigenvalue weighted by Crippen LogP contribution is 2.29. The molecule has 1 fully saturated rings. The zero-order valence-electron chi connectivity index (χ0n) is 16.7. The standard InChI is InChI=1S/C23H18Cl2FN3O2/c1-13-9-16(14(2)29(13)18-7-8-19(24)20(25)11-18)10-21-22(30)28(23(31)27-21)12-15-3-5-17(26)6-4-15/h3-11H,12H2,1-2H3,(H,27,31)/b21-10-. The largest absolute Gasteiger partial charge is 0.329 e. The molecule has 3 aromatic rings. The smallest absolute Gasteiger partial charge is 0.318 e. The van der Waals surface area contributed by atoms with Gasteiger partial charge in [0.25, 0.3) is 5.91 Å². The Morgan fingerprint density at radius 2 is 1.71 bits per heavy atom. The first-order chi connectivity index (χ1) is 14.7. The van der Waals surface area contributed by atoms with Gasteiger partial charge in [-0.25, -0.2) is 9.18 Å². The molecule has 2 heterocycles. The molecule has 1 N–H and O–H groups in total. The van der Waals surface area contributed by atoms with Crippen LogP contribution in [-0.2, 0) is 11.3 Å². The molecule has 0 bridgehead atoms. The van der Waals surface area contributed by atoms with E-state index in [1.54, 1.807) is 30.3 Å². The van der Waals surface area contributed by atoms with Crippen molar-refractivity contribution < 1.29 is 14.0 Å². The molecule has 0 spiro atoms. The number of imide groups is 1. The Morgan fingerprint density at radius 3 is 2.39 bits per heavy atom. The molecule has 31 heavy (non-hydrogen) atoms. The van der Waals surface area contributed by atoms with Crippen molar-refractivity contribution in [2.75, 3.05) is 0 Å². The van der Waals surface area contributed by atoms with Crippen LogP contribution in [-0.4, -0.2) is 21.4 Å². The van der Waals surface area contributed by atoms with E-state index < -0.39 is 11.9 Å². The molecular formula is C23H18Cl2FN3O2. The molecule has 1 aromatic heterocycles. The Hall–Kier alpha value is -3.09. The van der Waals surface area contributed by atoms with Crippen LogP contribution in [0.5, 0.6) is 0 Å². The number of nitrogens with one attached hydrogen (secondary N) is 1. The van der Waals surface area contributed by atoms with Gasteiger partial charge in [-0.1, -0.05) is 35.3 Å². The molecule has 1 aliphatic rings. The first-order valence-corrected chi connectivity index (χ1v) is 10.2. The first-order valence-electron chi connectivity index (χ1n) is 9.48. The molecule has 1 saturated heterocycles. The third kappa shape index (κ3) is 4.09. The lowest BCUT2D eigenvalue weighted by Gasteiger charge is -2.11. The van der Waals surface area contributed by atoms with Gasteiger partial charge < -0.3 is 9.88 Å². The fourth-order valence-electron chi connectivity index (χ4n) is 3.60. The second-order valence-electron chi connectivity index (χ2n) is 7.27. The number of amides is 3. The van der Waals surface area contributed by atoms with Gasteiger partial charge in [-0.3, -0.25) is 9.69 Å². The van der Waals surface area contributed by atoms with E-state index in [9.17, 15) is 14.0 Å². The van der Waals surface area contributed by atoms with Crippen molar-refractivity contribution in [2.45, 2.75) is 20.4 Å². The van der Waals surface area contributed by atoms with E-state index in [1.807, 2.05) is 30.5 Å². The Balaban J connectivity index is 1.63. The Morgan fingerprint density at radius 1 is 1.00 bits per heavy atom. The van der Waals surface area contributed by atoms with Crippen molar-refractivity contribution in [1.82, 2.24) is 14.8 Å². The quantitative estimate of drug-likeness (QED) is 0.407. The zero-order chi connectivity index (χ0) is 22.3. The van der Waals surface area contributed by atoms with Gasteiger partial charge in [-0.2, -0.15) is 0 Å². The number of nitrogens with zero attached hydrogens (tertiary/aromatic N) is 2. The van der Waals surface area contributed by atoms with Crippen LogP contribution in [0.4, 0.5) is 9.18 Å². The Labute approximate surface area is 188 Å². The number of hydrogen-bond acceptors (Lipinski definition) is 2. The van der Waals surface area contributed by atoms with E-state index in [-0.39, 0.29) is 18.1 Å². The molecule has 3 amide bonds. The number of benzene rings is 2. The highest BCUT2D eigenvalue weighted by molar-refractivity contribution is 6.42. The fourth-order valence-corrected chi connectivity index (χ4v) is 3.89. The second-order valence-corrected chi connectivity index (χ2v) is 8.08. The lowest BCUT2D eigenvalue weighted by atomic mass is 10.2. The van der Waals surface area contributed by atoms with Gasteiger partial charge in [-0.05, 0) is 67.4 Å². The topological polar surface area (TPSA) is 54.3 Å². The molecule has 1 aliphatic heterocycles. The number of carbonyl (C=O) groups excluding carboxylic acids is 2. The lowest BCUT2D eigenvalue weighted by Crippen LogP contribution is -2.30. The fraction of sp³-hybridized carbons (Fsp3) is 0.130. The monoisotopic (exact) mass is 457 g/mol. The van der Waals surface area contributed by atoms with E-state index in [2.05, 4.69) is 5.32 Å². The molecule has 158 valence electrons. The molecule has 0 radical (unpaired) electrons. The lowest BCUT2D eigenvalue weighted by molar-refractivity contribution is -0.123. The highest BCUT2D eigenvalue weighted by atomic mass is 35.5. The molecule has 0 unspecified atom stereocenters. The van der Waals surface area contributed by atoms with Crippen molar-refractivity contribution in [3.8, 4) is 5.69 Å². The number of aromatic nitrogens is 1. The summed E-state index contributed by atoms with van der Waals surface area (Å²) in [4.78, 5) is 26.3. The summed E-state index contributed by atoms with van der Waals surface area (Å²) in [5.41, 5.74) is 4.28. The number of urea groups is 1. The van der Waals surface area contributed by atoms with Gasteiger partial charge in [-0.15, -0.1) is 0 Å². The van der Waals surface area contributed by atoms with E-state index in [0.29, 0.717) is 15.6 Å². The Bertz CT molecular complexity index is 1230. The summed E-state index contributed by atoms with van der Waals surface area (Å²) in [6.07, 6.45) is 1.65. The molecular weight excluding hydrogens is 440 g/mol. The first kappa shape index (κ1) is 21.2. The van der Waals surface area contributed by atoms with Crippen LogP contribution in [0, 0.1) is 19.7 Å². The van der Waals surface area contributed by atoms with E-state index in [1.165, 1.54) is 12.1 Å². The summed E-state index contributed by atoms with van der Waals surface area (Å²) >= 11 is 12.2. The van der Waals surface area contributed by atoms with Crippen LogP contribution in [0.3, 0.4) is 0 Å². The average molecular weight is 458 g/mol. The third-order valence-electron chi connectivity index (χ3n) is 5.15. The third-order valence-corrected chi connectivity index (χ3v) is 5.89. The van der Waals surface area contributed by atoms with Gasteiger partial charge in [0.05, 0.1) is 16.6 Å². The summed E-state index contributed by atoms with van der Waals surface area (Å²) in [6.45, 7) is 3.91. The number of hydrogen-bond donors (Lipinski definition) is 1. The van der Waals surface area contributed by atoms with E-state index in [4.69, 9.17) is 23.2 Å². The maximum atomic E-state index is 13.1. The summed E-state index contributed by atoms with van der Waals surface area (Å²) in [5, 5.41) is 3.54.